The molecule has 0 radical (unpaired) electrons. The average molecular weight is 293 g/mol. The molecule has 0 saturated heterocycles. The second-order valence-electron chi connectivity index (χ2n) is 5.25. The SMILES string of the molecule is COCCCNC(=O)C1(c2ccc(OC)c(OC)c2)CC1. The molecule has 0 unspecified atom stereocenters. The zero-order valence-corrected chi connectivity index (χ0v) is 12.9. The van der Waals surface area contributed by atoms with Crippen LogP contribution >= 0.6 is 0 Å². The van der Waals surface area contributed by atoms with Crippen LogP contribution in [0.15, 0.2) is 18.2 Å². The molecule has 0 atom stereocenters. The van der Waals surface area contributed by atoms with Crippen LogP contribution in [-0.2, 0) is 14.9 Å². The highest BCUT2D eigenvalue weighted by Crippen LogP contribution is 2.50. The summed E-state index contributed by atoms with van der Waals surface area (Å²) >= 11 is 0. The van der Waals surface area contributed by atoms with Gasteiger partial charge in [0.1, 0.15) is 0 Å². The Bertz CT molecular complexity index is 497. The number of nitrogens with one attached hydrogen (secondary N) is 1. The van der Waals surface area contributed by atoms with Crippen molar-refractivity contribution in [2.45, 2.75) is 24.7 Å². The first-order chi connectivity index (χ1) is 10.2. The van der Waals surface area contributed by atoms with Crippen molar-refractivity contribution in [3.8, 4) is 11.5 Å². The van der Waals surface area contributed by atoms with Gasteiger partial charge in [-0.2, -0.15) is 0 Å². The van der Waals surface area contributed by atoms with Crippen molar-refractivity contribution in [2.24, 2.45) is 0 Å². The molecule has 5 heteroatoms. The molecule has 0 heterocycles. The molecule has 2 rings (SSSR count). The highest BCUT2D eigenvalue weighted by atomic mass is 16.5. The predicted octanol–water partition coefficient (Wildman–Crippen LogP) is 1.89. The van der Waals surface area contributed by atoms with Gasteiger partial charge in [-0.3, -0.25) is 4.79 Å². The molecule has 5 nitrogen and oxygen atoms in total. The van der Waals surface area contributed by atoms with Crippen LogP contribution in [0.5, 0.6) is 11.5 Å². The Morgan fingerprint density at radius 2 is 1.90 bits per heavy atom. The van der Waals surface area contributed by atoms with E-state index in [4.69, 9.17) is 14.2 Å². The van der Waals surface area contributed by atoms with E-state index >= 15 is 0 Å². The number of amides is 1. The minimum absolute atomic E-state index is 0.0887. The lowest BCUT2D eigenvalue weighted by Gasteiger charge is -2.17. The molecule has 21 heavy (non-hydrogen) atoms. The van der Waals surface area contributed by atoms with Gasteiger partial charge in [0.25, 0.3) is 0 Å². The smallest absolute Gasteiger partial charge is 0.230 e. The molecule has 0 aliphatic heterocycles. The van der Waals surface area contributed by atoms with Crippen molar-refractivity contribution in [1.82, 2.24) is 5.32 Å². The van der Waals surface area contributed by atoms with Crippen LogP contribution in [-0.4, -0.2) is 40.4 Å². The summed E-state index contributed by atoms with van der Waals surface area (Å²) in [5.74, 6) is 1.43. The van der Waals surface area contributed by atoms with E-state index in [2.05, 4.69) is 5.32 Å². The Hall–Kier alpha value is -1.75. The second kappa shape index (κ2) is 6.80. The van der Waals surface area contributed by atoms with Crippen LogP contribution in [0.3, 0.4) is 0 Å². The van der Waals surface area contributed by atoms with Gasteiger partial charge in [0.2, 0.25) is 5.91 Å². The minimum atomic E-state index is -0.396. The summed E-state index contributed by atoms with van der Waals surface area (Å²) in [5.41, 5.74) is 0.594. The van der Waals surface area contributed by atoms with Crippen molar-refractivity contribution >= 4 is 5.91 Å². The monoisotopic (exact) mass is 293 g/mol. The predicted molar refractivity (Wildman–Crippen MR) is 80.0 cm³/mol. The first kappa shape index (κ1) is 15.6. The lowest BCUT2D eigenvalue weighted by molar-refractivity contribution is -0.123. The second-order valence-corrected chi connectivity index (χ2v) is 5.25. The number of benzene rings is 1. The highest BCUT2D eigenvalue weighted by molar-refractivity contribution is 5.91. The fourth-order valence-electron chi connectivity index (χ4n) is 2.49. The van der Waals surface area contributed by atoms with Crippen molar-refractivity contribution in [2.75, 3.05) is 34.5 Å². The summed E-state index contributed by atoms with van der Waals surface area (Å²) in [6.07, 6.45) is 2.57. The van der Waals surface area contributed by atoms with Crippen LogP contribution < -0.4 is 14.8 Å². The minimum Gasteiger partial charge on any atom is -0.493 e. The number of rotatable bonds is 8. The highest BCUT2D eigenvalue weighted by Gasteiger charge is 2.51. The quantitative estimate of drug-likeness (QED) is 0.744. The van der Waals surface area contributed by atoms with E-state index in [1.807, 2.05) is 18.2 Å². The van der Waals surface area contributed by atoms with Crippen LogP contribution in [0, 0.1) is 0 Å². The van der Waals surface area contributed by atoms with Crippen LogP contribution in [0.4, 0.5) is 0 Å². The molecular weight excluding hydrogens is 270 g/mol. The summed E-state index contributed by atoms with van der Waals surface area (Å²) in [7, 11) is 4.87. The molecule has 0 spiro atoms. The molecule has 1 aromatic rings. The molecule has 0 aromatic heterocycles. The van der Waals surface area contributed by atoms with Gasteiger partial charge < -0.3 is 19.5 Å². The van der Waals surface area contributed by atoms with Crippen molar-refractivity contribution in [3.05, 3.63) is 23.8 Å². The summed E-state index contributed by atoms with van der Waals surface area (Å²) < 4.78 is 15.5. The van der Waals surface area contributed by atoms with Crippen LogP contribution in [0.25, 0.3) is 0 Å². The van der Waals surface area contributed by atoms with Crippen LogP contribution in [0.1, 0.15) is 24.8 Å². The van der Waals surface area contributed by atoms with E-state index in [-0.39, 0.29) is 5.91 Å². The van der Waals surface area contributed by atoms with Gasteiger partial charge in [-0.05, 0) is 37.0 Å². The third-order valence-corrected chi connectivity index (χ3v) is 3.93. The number of carbonyl (C=O) groups excluding carboxylic acids is 1. The van der Waals surface area contributed by atoms with Crippen molar-refractivity contribution in [3.63, 3.8) is 0 Å². The fraction of sp³-hybridized carbons (Fsp3) is 0.562. The molecule has 1 saturated carbocycles. The number of hydrogen-bond donors (Lipinski definition) is 1. The largest absolute Gasteiger partial charge is 0.493 e. The van der Waals surface area contributed by atoms with E-state index in [1.165, 1.54) is 0 Å². The topological polar surface area (TPSA) is 56.8 Å². The molecule has 1 aliphatic rings. The van der Waals surface area contributed by atoms with E-state index in [1.54, 1.807) is 21.3 Å². The summed E-state index contributed by atoms with van der Waals surface area (Å²) in [6, 6.07) is 5.70. The lowest BCUT2D eigenvalue weighted by atomic mass is 9.94. The number of ether oxygens (including phenoxy) is 3. The van der Waals surface area contributed by atoms with Gasteiger partial charge in [-0.15, -0.1) is 0 Å². The Kier molecular flexibility index (Phi) is 5.07. The number of carbonyl (C=O) groups is 1. The maximum atomic E-state index is 12.4. The Morgan fingerprint density at radius 1 is 1.19 bits per heavy atom. The standard InChI is InChI=1S/C16H23NO4/c1-19-10-4-9-17-15(18)16(7-8-16)12-5-6-13(20-2)14(11-12)21-3/h5-6,11H,4,7-10H2,1-3H3,(H,17,18). The lowest BCUT2D eigenvalue weighted by Crippen LogP contribution is -2.35. The van der Waals surface area contributed by atoms with Gasteiger partial charge >= 0.3 is 0 Å². The van der Waals surface area contributed by atoms with Crippen LogP contribution in [0.2, 0.25) is 0 Å². The zero-order valence-electron chi connectivity index (χ0n) is 12.9. The molecule has 1 aliphatic carbocycles. The normalized spacial score (nSPS) is 15.4. The molecule has 0 bridgehead atoms. The Balaban J connectivity index is 2.07. The van der Waals surface area contributed by atoms with E-state index in [0.29, 0.717) is 24.7 Å². The summed E-state index contributed by atoms with van der Waals surface area (Å²) in [4.78, 5) is 12.4. The maximum absolute atomic E-state index is 12.4. The molecular formula is C16H23NO4. The Labute approximate surface area is 125 Å². The molecule has 1 fully saturated rings. The summed E-state index contributed by atoms with van der Waals surface area (Å²) in [5, 5.41) is 2.99. The molecule has 116 valence electrons. The summed E-state index contributed by atoms with van der Waals surface area (Å²) in [6.45, 7) is 1.30. The van der Waals surface area contributed by atoms with Gasteiger partial charge in [0, 0.05) is 20.3 Å². The average Bonchev–Trinajstić information content (AvgIpc) is 3.32. The number of hydrogen-bond acceptors (Lipinski definition) is 4. The maximum Gasteiger partial charge on any atom is 0.230 e. The van der Waals surface area contributed by atoms with Gasteiger partial charge in [-0.1, -0.05) is 6.07 Å². The number of methoxy groups -OCH3 is 3. The van der Waals surface area contributed by atoms with Gasteiger partial charge in [-0.25, -0.2) is 0 Å². The third kappa shape index (κ3) is 3.29. The van der Waals surface area contributed by atoms with E-state index in [9.17, 15) is 4.79 Å². The molecule has 1 N–H and O–H groups in total. The first-order valence-electron chi connectivity index (χ1n) is 7.17. The Morgan fingerprint density at radius 3 is 2.48 bits per heavy atom. The zero-order chi connectivity index (χ0) is 15.3. The van der Waals surface area contributed by atoms with Gasteiger partial charge in [0.05, 0.1) is 19.6 Å². The van der Waals surface area contributed by atoms with E-state index in [0.717, 1.165) is 24.8 Å². The third-order valence-electron chi connectivity index (χ3n) is 3.93. The first-order valence-corrected chi connectivity index (χ1v) is 7.17. The van der Waals surface area contributed by atoms with Crippen molar-refractivity contribution in [1.29, 1.82) is 0 Å². The fourth-order valence-corrected chi connectivity index (χ4v) is 2.49. The molecule has 1 aromatic carbocycles. The molecule has 1 amide bonds. The van der Waals surface area contributed by atoms with E-state index < -0.39 is 5.41 Å². The van der Waals surface area contributed by atoms with Gasteiger partial charge in [0.15, 0.2) is 11.5 Å². The van der Waals surface area contributed by atoms with Crippen molar-refractivity contribution < 1.29 is 19.0 Å².